The van der Waals surface area contributed by atoms with Crippen molar-refractivity contribution >= 4 is 5.91 Å². The maximum atomic E-state index is 12.0. The molecule has 1 saturated heterocycles. The van der Waals surface area contributed by atoms with Crippen LogP contribution < -0.4 is 5.32 Å². The lowest BCUT2D eigenvalue weighted by atomic mass is 9.94. The van der Waals surface area contributed by atoms with E-state index in [1.165, 1.54) is 5.69 Å². The summed E-state index contributed by atoms with van der Waals surface area (Å²) in [5.74, 6) is 0.772. The molecule has 1 aliphatic heterocycles. The topological polar surface area (TPSA) is 50.2 Å². The summed E-state index contributed by atoms with van der Waals surface area (Å²) in [6.07, 6.45) is 2.30. The summed E-state index contributed by atoms with van der Waals surface area (Å²) in [7, 11) is 3.83. The van der Waals surface area contributed by atoms with Crippen LogP contribution >= 0.6 is 0 Å². The summed E-state index contributed by atoms with van der Waals surface area (Å²) in [6.45, 7) is 6.64. The molecule has 1 amide bonds. The zero-order valence-electron chi connectivity index (χ0n) is 13.0. The van der Waals surface area contributed by atoms with Crippen LogP contribution in [0.25, 0.3) is 0 Å². The van der Waals surface area contributed by atoms with Crippen LogP contribution in [0.4, 0.5) is 0 Å². The van der Waals surface area contributed by atoms with Gasteiger partial charge in [0.2, 0.25) is 5.91 Å². The fourth-order valence-electron chi connectivity index (χ4n) is 2.76. The maximum Gasteiger partial charge on any atom is 0.225 e. The van der Waals surface area contributed by atoms with Crippen LogP contribution in [0.2, 0.25) is 0 Å². The molecule has 0 spiro atoms. The van der Waals surface area contributed by atoms with Crippen LogP contribution in [-0.4, -0.2) is 40.7 Å². The molecule has 1 N–H and O–H groups in total. The summed E-state index contributed by atoms with van der Waals surface area (Å²) in [4.78, 5) is 13.7. The second-order valence-corrected chi connectivity index (χ2v) is 6.06. The predicted octanol–water partition coefficient (Wildman–Crippen LogP) is 1.50. The van der Waals surface area contributed by atoms with E-state index in [9.17, 15) is 4.79 Å². The zero-order chi connectivity index (χ0) is 14.7. The van der Waals surface area contributed by atoms with Crippen molar-refractivity contribution < 1.29 is 4.79 Å². The Morgan fingerprint density at radius 2 is 2.15 bits per heavy atom. The smallest absolute Gasteiger partial charge is 0.225 e. The average molecular weight is 278 g/mol. The van der Waals surface area contributed by atoms with Gasteiger partial charge in [0, 0.05) is 25.9 Å². The highest BCUT2D eigenvalue weighted by atomic mass is 16.2. The minimum absolute atomic E-state index is 0.0390. The first-order chi connectivity index (χ1) is 9.49. The van der Waals surface area contributed by atoms with Gasteiger partial charge in [-0.05, 0) is 32.0 Å². The molecule has 5 heteroatoms. The largest absolute Gasteiger partial charge is 0.340 e. The fraction of sp³-hybridized carbons (Fsp3) is 0.733. The van der Waals surface area contributed by atoms with Gasteiger partial charge in [-0.3, -0.25) is 9.48 Å². The zero-order valence-corrected chi connectivity index (χ0v) is 13.0. The molecule has 0 radical (unpaired) electrons. The number of rotatable bonds is 4. The van der Waals surface area contributed by atoms with Crippen molar-refractivity contribution in [3.8, 4) is 0 Å². The molecule has 20 heavy (non-hydrogen) atoms. The van der Waals surface area contributed by atoms with Crippen molar-refractivity contribution in [3.05, 3.63) is 17.5 Å². The highest BCUT2D eigenvalue weighted by molar-refractivity contribution is 5.77. The Balaban J connectivity index is 2.05. The number of hydrogen-bond acceptors (Lipinski definition) is 3. The lowest BCUT2D eigenvalue weighted by molar-refractivity contribution is -0.133. The number of aryl methyl sites for hydroxylation is 1. The molecule has 0 atom stereocenters. The summed E-state index contributed by atoms with van der Waals surface area (Å²) < 4.78 is 1.92. The van der Waals surface area contributed by atoms with E-state index >= 15 is 0 Å². The van der Waals surface area contributed by atoms with E-state index in [-0.39, 0.29) is 11.8 Å². The predicted molar refractivity (Wildman–Crippen MR) is 79.4 cm³/mol. The molecule has 2 heterocycles. The van der Waals surface area contributed by atoms with Crippen molar-refractivity contribution in [1.82, 2.24) is 20.0 Å². The number of carbonyl (C=O) groups is 1. The van der Waals surface area contributed by atoms with Crippen LogP contribution in [0.15, 0.2) is 6.07 Å². The Morgan fingerprint density at radius 1 is 1.50 bits per heavy atom. The molecular weight excluding hydrogens is 252 g/mol. The lowest BCUT2D eigenvalue weighted by Crippen LogP contribution is -2.30. The van der Waals surface area contributed by atoms with Gasteiger partial charge < -0.3 is 10.2 Å². The molecular formula is C15H26N4O. The van der Waals surface area contributed by atoms with Gasteiger partial charge in [0.15, 0.2) is 0 Å². The lowest BCUT2D eigenvalue weighted by Gasteiger charge is -2.20. The van der Waals surface area contributed by atoms with Gasteiger partial charge in [-0.15, -0.1) is 0 Å². The number of carbonyl (C=O) groups excluding carboxylic acids is 1. The van der Waals surface area contributed by atoms with Crippen LogP contribution in [0.3, 0.4) is 0 Å². The molecule has 1 aliphatic rings. The Bertz CT molecular complexity index is 460. The number of piperidine rings is 1. The van der Waals surface area contributed by atoms with Crippen LogP contribution in [0.1, 0.15) is 44.0 Å². The monoisotopic (exact) mass is 278 g/mol. The van der Waals surface area contributed by atoms with Gasteiger partial charge in [0.1, 0.15) is 0 Å². The Hall–Kier alpha value is -1.36. The number of nitrogens with zero attached hydrogens (tertiary/aromatic N) is 3. The van der Waals surface area contributed by atoms with E-state index in [0.29, 0.717) is 12.5 Å². The van der Waals surface area contributed by atoms with Crippen LogP contribution in [-0.2, 0) is 18.4 Å². The molecule has 2 rings (SSSR count). The van der Waals surface area contributed by atoms with Gasteiger partial charge in [0.25, 0.3) is 0 Å². The molecule has 1 aromatic rings. The molecule has 5 nitrogen and oxygen atoms in total. The normalized spacial score (nSPS) is 16.6. The van der Waals surface area contributed by atoms with Crippen LogP contribution in [0.5, 0.6) is 0 Å². The number of hydrogen-bond donors (Lipinski definition) is 1. The molecule has 0 aliphatic carbocycles. The van der Waals surface area contributed by atoms with Gasteiger partial charge >= 0.3 is 0 Å². The summed E-state index contributed by atoms with van der Waals surface area (Å²) in [6, 6.07) is 2.17. The quantitative estimate of drug-likeness (QED) is 0.908. The number of aromatic nitrogens is 2. The molecule has 0 unspecified atom stereocenters. The molecule has 1 aromatic heterocycles. The van der Waals surface area contributed by atoms with E-state index < -0.39 is 0 Å². The standard InChI is InChI=1S/C15H26N4O/c1-11(2)15(20)18(3)10-13-9-14(17-19(13)4)12-5-7-16-8-6-12/h9,11-12,16H,5-8,10H2,1-4H3. The molecule has 1 fully saturated rings. The third-order valence-corrected chi connectivity index (χ3v) is 4.02. The first-order valence-electron chi connectivity index (χ1n) is 7.47. The third-order valence-electron chi connectivity index (χ3n) is 4.02. The van der Waals surface area contributed by atoms with Crippen molar-refractivity contribution in [3.63, 3.8) is 0 Å². The van der Waals surface area contributed by atoms with E-state index in [4.69, 9.17) is 0 Å². The molecule has 0 saturated carbocycles. The van der Waals surface area contributed by atoms with Crippen molar-refractivity contribution in [2.45, 2.75) is 39.2 Å². The van der Waals surface area contributed by atoms with E-state index in [1.54, 1.807) is 4.90 Å². The Labute approximate surface area is 121 Å². The van der Waals surface area contributed by atoms with Crippen molar-refractivity contribution in [1.29, 1.82) is 0 Å². The van der Waals surface area contributed by atoms with Crippen LogP contribution in [0, 0.1) is 5.92 Å². The highest BCUT2D eigenvalue weighted by Crippen LogP contribution is 2.24. The Kier molecular flexibility index (Phi) is 4.81. The van der Waals surface area contributed by atoms with Gasteiger partial charge in [-0.1, -0.05) is 13.8 Å². The van der Waals surface area contributed by atoms with Gasteiger partial charge in [-0.2, -0.15) is 5.10 Å². The second-order valence-electron chi connectivity index (χ2n) is 6.06. The van der Waals surface area contributed by atoms with E-state index in [0.717, 1.165) is 31.6 Å². The molecule has 0 bridgehead atoms. The number of amides is 1. The second kappa shape index (κ2) is 6.39. The molecule has 112 valence electrons. The van der Waals surface area contributed by atoms with Crippen molar-refractivity contribution in [2.75, 3.05) is 20.1 Å². The van der Waals surface area contributed by atoms with E-state index in [2.05, 4.69) is 16.5 Å². The molecule has 0 aromatic carbocycles. The summed E-state index contributed by atoms with van der Waals surface area (Å²) in [5.41, 5.74) is 2.28. The Morgan fingerprint density at radius 3 is 2.75 bits per heavy atom. The van der Waals surface area contributed by atoms with E-state index in [1.807, 2.05) is 32.6 Å². The third kappa shape index (κ3) is 3.39. The number of nitrogens with one attached hydrogen (secondary N) is 1. The summed E-state index contributed by atoms with van der Waals surface area (Å²) >= 11 is 0. The van der Waals surface area contributed by atoms with Crippen molar-refractivity contribution in [2.24, 2.45) is 13.0 Å². The minimum atomic E-state index is 0.0390. The average Bonchev–Trinajstić information content (AvgIpc) is 2.80. The highest BCUT2D eigenvalue weighted by Gasteiger charge is 2.20. The van der Waals surface area contributed by atoms with Gasteiger partial charge in [0.05, 0.1) is 17.9 Å². The SMILES string of the molecule is CC(C)C(=O)N(C)Cc1cc(C2CCNCC2)nn1C. The minimum Gasteiger partial charge on any atom is -0.340 e. The first kappa shape index (κ1) is 15.0. The summed E-state index contributed by atoms with van der Waals surface area (Å²) in [5, 5.41) is 8.02. The fourth-order valence-corrected chi connectivity index (χ4v) is 2.76. The van der Waals surface area contributed by atoms with Gasteiger partial charge in [-0.25, -0.2) is 0 Å². The first-order valence-corrected chi connectivity index (χ1v) is 7.47. The maximum absolute atomic E-state index is 12.0.